The lowest BCUT2D eigenvalue weighted by Gasteiger charge is -2.30. The van der Waals surface area contributed by atoms with Gasteiger partial charge in [-0.25, -0.2) is 4.79 Å². The molecule has 4 rings (SSSR count). The molecule has 0 aliphatic carbocycles. The number of ether oxygens (including phenoxy) is 1. The van der Waals surface area contributed by atoms with Crippen LogP contribution in [0.4, 0.5) is 10.5 Å². The number of aryl methyl sites for hydroxylation is 1. The van der Waals surface area contributed by atoms with E-state index in [1.54, 1.807) is 18.9 Å². The van der Waals surface area contributed by atoms with Gasteiger partial charge in [0.25, 0.3) is 5.91 Å². The number of imide groups is 1. The SMILES string of the molecule is COc1ccccc1C[C@]1(C)NC(=O)N(CC(=O)N2CCCc3ccccc32)C1=O. The Morgan fingerprint density at radius 1 is 1.13 bits per heavy atom. The maximum Gasteiger partial charge on any atom is 0.325 e. The van der Waals surface area contributed by atoms with Gasteiger partial charge in [0.1, 0.15) is 17.8 Å². The van der Waals surface area contributed by atoms with Crippen LogP contribution in [0.3, 0.4) is 0 Å². The number of anilines is 1. The van der Waals surface area contributed by atoms with Crippen LogP contribution in [-0.4, -0.2) is 48.5 Å². The summed E-state index contributed by atoms with van der Waals surface area (Å²) in [4.78, 5) is 41.4. The highest BCUT2D eigenvalue weighted by atomic mass is 16.5. The van der Waals surface area contributed by atoms with Crippen molar-refractivity contribution < 1.29 is 19.1 Å². The summed E-state index contributed by atoms with van der Waals surface area (Å²) >= 11 is 0. The first-order valence-corrected chi connectivity index (χ1v) is 10.1. The van der Waals surface area contributed by atoms with Crippen LogP contribution in [0.15, 0.2) is 48.5 Å². The Morgan fingerprint density at radius 3 is 2.67 bits per heavy atom. The molecule has 2 aliphatic heterocycles. The molecular weight excluding hydrogens is 382 g/mol. The molecule has 4 amide bonds. The zero-order chi connectivity index (χ0) is 21.3. The van der Waals surface area contributed by atoms with Gasteiger partial charge in [-0.2, -0.15) is 0 Å². The van der Waals surface area contributed by atoms with Crippen molar-refractivity contribution in [2.75, 3.05) is 25.1 Å². The molecular formula is C23H25N3O4. The van der Waals surface area contributed by atoms with E-state index in [1.807, 2.05) is 48.5 Å². The van der Waals surface area contributed by atoms with Crippen molar-refractivity contribution in [1.82, 2.24) is 10.2 Å². The lowest BCUT2D eigenvalue weighted by molar-refractivity contribution is -0.133. The lowest BCUT2D eigenvalue weighted by Crippen LogP contribution is -2.47. The average molecular weight is 407 g/mol. The molecule has 1 fully saturated rings. The number of benzene rings is 2. The molecule has 0 radical (unpaired) electrons. The number of urea groups is 1. The van der Waals surface area contributed by atoms with Crippen molar-refractivity contribution in [1.29, 1.82) is 0 Å². The van der Waals surface area contributed by atoms with Crippen molar-refractivity contribution in [3.05, 3.63) is 59.7 Å². The minimum absolute atomic E-state index is 0.257. The van der Waals surface area contributed by atoms with E-state index in [1.165, 1.54) is 0 Å². The third-order valence-corrected chi connectivity index (χ3v) is 5.79. The van der Waals surface area contributed by atoms with Crippen molar-refractivity contribution in [2.24, 2.45) is 0 Å². The van der Waals surface area contributed by atoms with Crippen molar-refractivity contribution in [3.63, 3.8) is 0 Å². The summed E-state index contributed by atoms with van der Waals surface area (Å²) in [5, 5.41) is 2.77. The number of amides is 4. The summed E-state index contributed by atoms with van der Waals surface area (Å²) in [7, 11) is 1.57. The fraction of sp³-hybridized carbons (Fsp3) is 0.348. The summed E-state index contributed by atoms with van der Waals surface area (Å²) in [6.45, 7) is 1.98. The summed E-state index contributed by atoms with van der Waals surface area (Å²) in [6.07, 6.45) is 2.05. The maximum atomic E-state index is 13.1. The van der Waals surface area contributed by atoms with Crippen LogP contribution in [0.25, 0.3) is 0 Å². The number of methoxy groups -OCH3 is 1. The number of nitrogens with one attached hydrogen (secondary N) is 1. The van der Waals surface area contributed by atoms with Crippen LogP contribution in [0.5, 0.6) is 5.75 Å². The number of carbonyl (C=O) groups excluding carboxylic acids is 3. The third kappa shape index (κ3) is 3.51. The molecule has 1 saturated heterocycles. The molecule has 2 aromatic carbocycles. The van der Waals surface area contributed by atoms with Gasteiger partial charge in [-0.1, -0.05) is 36.4 Å². The lowest BCUT2D eigenvalue weighted by atomic mass is 9.92. The fourth-order valence-corrected chi connectivity index (χ4v) is 4.25. The van der Waals surface area contributed by atoms with Gasteiger partial charge in [0.05, 0.1) is 7.11 Å². The summed E-state index contributed by atoms with van der Waals surface area (Å²) in [5.74, 6) is -0.00975. The quantitative estimate of drug-likeness (QED) is 0.773. The first-order valence-electron chi connectivity index (χ1n) is 10.1. The van der Waals surface area contributed by atoms with E-state index >= 15 is 0 Å². The highest BCUT2D eigenvalue weighted by molar-refractivity contribution is 6.10. The molecule has 0 unspecified atom stereocenters. The number of nitrogens with zero attached hydrogens (tertiary/aromatic N) is 2. The van der Waals surface area contributed by atoms with Gasteiger partial charge < -0.3 is 15.0 Å². The van der Waals surface area contributed by atoms with Gasteiger partial charge in [0.2, 0.25) is 5.91 Å². The molecule has 156 valence electrons. The molecule has 1 atom stereocenters. The van der Waals surface area contributed by atoms with E-state index in [2.05, 4.69) is 5.32 Å². The Morgan fingerprint density at radius 2 is 1.87 bits per heavy atom. The predicted molar refractivity (Wildman–Crippen MR) is 112 cm³/mol. The number of para-hydroxylation sites is 2. The fourth-order valence-electron chi connectivity index (χ4n) is 4.25. The number of carbonyl (C=O) groups is 3. The summed E-state index contributed by atoms with van der Waals surface area (Å²) in [6, 6.07) is 14.6. The predicted octanol–water partition coefficient (Wildman–Crippen LogP) is 2.53. The molecule has 1 N–H and O–H groups in total. The molecule has 30 heavy (non-hydrogen) atoms. The number of hydrogen-bond acceptors (Lipinski definition) is 4. The molecule has 0 bridgehead atoms. The van der Waals surface area contributed by atoms with Gasteiger partial charge >= 0.3 is 6.03 Å². The first kappa shape index (κ1) is 19.9. The molecule has 0 aromatic heterocycles. The van der Waals surface area contributed by atoms with Crippen molar-refractivity contribution >= 4 is 23.5 Å². The van der Waals surface area contributed by atoms with Gasteiger partial charge in [0.15, 0.2) is 0 Å². The zero-order valence-corrected chi connectivity index (χ0v) is 17.2. The van der Waals surface area contributed by atoms with Crippen molar-refractivity contribution in [3.8, 4) is 5.75 Å². The minimum Gasteiger partial charge on any atom is -0.496 e. The molecule has 7 heteroatoms. The van der Waals surface area contributed by atoms with Gasteiger partial charge in [-0.15, -0.1) is 0 Å². The average Bonchev–Trinajstić information content (AvgIpc) is 2.96. The Bertz CT molecular complexity index is 1010. The Balaban J connectivity index is 1.51. The highest BCUT2D eigenvalue weighted by Crippen LogP contribution is 2.29. The van der Waals surface area contributed by atoms with E-state index in [-0.39, 0.29) is 18.9 Å². The smallest absolute Gasteiger partial charge is 0.325 e. The van der Waals surface area contributed by atoms with Crippen LogP contribution in [0, 0.1) is 0 Å². The van der Waals surface area contributed by atoms with E-state index in [0.29, 0.717) is 12.3 Å². The van der Waals surface area contributed by atoms with Crippen LogP contribution in [-0.2, 0) is 22.4 Å². The number of hydrogen-bond donors (Lipinski definition) is 1. The van der Waals surface area contributed by atoms with Gasteiger partial charge in [0, 0.05) is 18.7 Å². The largest absolute Gasteiger partial charge is 0.496 e. The minimum atomic E-state index is -1.13. The van der Waals surface area contributed by atoms with E-state index in [4.69, 9.17) is 4.74 Å². The number of fused-ring (bicyclic) bond motifs is 1. The van der Waals surface area contributed by atoms with E-state index < -0.39 is 17.5 Å². The molecule has 2 aromatic rings. The molecule has 2 heterocycles. The number of rotatable bonds is 5. The standard InChI is InChI=1S/C23H25N3O4/c1-23(14-17-9-4-6-12-19(17)30-2)21(28)26(22(29)24-23)15-20(27)25-13-7-10-16-8-3-5-11-18(16)25/h3-6,8-9,11-12H,7,10,13-15H2,1-2H3,(H,24,29)/t23-/m0/s1. The van der Waals surface area contributed by atoms with E-state index in [0.717, 1.165) is 34.6 Å². The summed E-state index contributed by atoms with van der Waals surface area (Å²) in [5.41, 5.74) is 1.65. The van der Waals surface area contributed by atoms with Crippen molar-refractivity contribution in [2.45, 2.75) is 31.7 Å². The van der Waals surface area contributed by atoms with Crippen LogP contribution in [0.1, 0.15) is 24.5 Å². The molecule has 7 nitrogen and oxygen atoms in total. The molecule has 0 spiro atoms. The molecule has 2 aliphatic rings. The van der Waals surface area contributed by atoms with Gasteiger partial charge in [-0.3, -0.25) is 14.5 Å². The second kappa shape index (κ2) is 7.82. The van der Waals surface area contributed by atoms with Crippen LogP contribution in [0.2, 0.25) is 0 Å². The Kier molecular flexibility index (Phi) is 5.20. The second-order valence-electron chi connectivity index (χ2n) is 7.92. The Hall–Kier alpha value is -3.35. The normalized spacial score (nSPS) is 20.7. The Labute approximate surface area is 175 Å². The summed E-state index contributed by atoms with van der Waals surface area (Å²) < 4.78 is 5.37. The second-order valence-corrected chi connectivity index (χ2v) is 7.92. The third-order valence-electron chi connectivity index (χ3n) is 5.79. The van der Waals surface area contributed by atoms with E-state index in [9.17, 15) is 14.4 Å². The topological polar surface area (TPSA) is 79.0 Å². The zero-order valence-electron chi connectivity index (χ0n) is 17.2. The first-order chi connectivity index (χ1) is 14.4. The van der Waals surface area contributed by atoms with Gasteiger partial charge in [-0.05, 0) is 43.0 Å². The maximum absolute atomic E-state index is 13.1. The van der Waals surface area contributed by atoms with Crippen LogP contribution >= 0.6 is 0 Å². The highest BCUT2D eigenvalue weighted by Gasteiger charge is 2.49. The molecule has 0 saturated carbocycles. The van der Waals surface area contributed by atoms with Crippen LogP contribution < -0.4 is 15.0 Å². The monoisotopic (exact) mass is 407 g/mol.